The van der Waals surface area contributed by atoms with Gasteiger partial charge in [-0.1, -0.05) is 32.9 Å². The summed E-state index contributed by atoms with van der Waals surface area (Å²) in [6, 6.07) is 20.6. The second-order valence-corrected chi connectivity index (χ2v) is 9.26. The zero-order valence-corrected chi connectivity index (χ0v) is 19.4. The average molecular weight is 453 g/mol. The molecule has 0 saturated carbocycles. The third-order valence-corrected chi connectivity index (χ3v) is 6.04. The van der Waals surface area contributed by atoms with Gasteiger partial charge in [-0.2, -0.15) is 5.10 Å². The van der Waals surface area contributed by atoms with Crippen LogP contribution >= 0.6 is 0 Å². The molecule has 5 rings (SSSR count). The topological polar surface area (TPSA) is 83.1 Å². The predicted molar refractivity (Wildman–Crippen MR) is 134 cm³/mol. The molecule has 0 aliphatic rings. The average Bonchev–Trinajstić information content (AvgIpc) is 3.23. The molecule has 7 heteroatoms. The van der Waals surface area contributed by atoms with Gasteiger partial charge in [0.2, 0.25) is 0 Å². The van der Waals surface area contributed by atoms with E-state index >= 15 is 0 Å². The molecule has 0 N–H and O–H groups in total. The van der Waals surface area contributed by atoms with Crippen LogP contribution in [0.3, 0.4) is 0 Å². The van der Waals surface area contributed by atoms with Crippen LogP contribution in [0.5, 0.6) is 5.75 Å². The smallest absolute Gasteiger partial charge is 0.269 e. The summed E-state index contributed by atoms with van der Waals surface area (Å²) in [5.41, 5.74) is 5.46. The number of fused-ring (bicyclic) bond motifs is 3. The van der Waals surface area contributed by atoms with E-state index in [0.29, 0.717) is 5.69 Å². The quantitative estimate of drug-likeness (QED) is 0.231. The highest BCUT2D eigenvalue weighted by molar-refractivity contribution is 6.09. The van der Waals surface area contributed by atoms with Gasteiger partial charge in [-0.3, -0.25) is 15.1 Å². The Morgan fingerprint density at radius 1 is 0.941 bits per heavy atom. The van der Waals surface area contributed by atoms with Crippen molar-refractivity contribution in [2.45, 2.75) is 26.2 Å². The van der Waals surface area contributed by atoms with Gasteiger partial charge in [0.15, 0.2) is 0 Å². The molecule has 2 heterocycles. The fraction of sp³-hybridized carbons (Fsp3) is 0.185. The number of hydrogen-bond acceptors (Lipinski definition) is 5. The summed E-state index contributed by atoms with van der Waals surface area (Å²) in [4.78, 5) is 15.4. The highest BCUT2D eigenvalue weighted by Gasteiger charge is 2.19. The minimum absolute atomic E-state index is 0.0403. The number of hydrogen-bond donors (Lipinski definition) is 0. The van der Waals surface area contributed by atoms with Crippen LogP contribution < -0.4 is 4.74 Å². The Balaban J connectivity index is 1.79. The molecule has 0 amide bonds. The zero-order chi connectivity index (χ0) is 24.0. The molecular formula is C27H24N4O3. The van der Waals surface area contributed by atoms with E-state index in [0.717, 1.165) is 38.8 Å². The summed E-state index contributed by atoms with van der Waals surface area (Å²) >= 11 is 0. The predicted octanol–water partition coefficient (Wildman–Crippen LogP) is 6.46. The third kappa shape index (κ3) is 3.65. The Bertz CT molecular complexity index is 1530. The summed E-state index contributed by atoms with van der Waals surface area (Å²) in [5, 5.41) is 17.9. The van der Waals surface area contributed by atoms with Crippen molar-refractivity contribution < 1.29 is 9.66 Å². The van der Waals surface area contributed by atoms with Crippen LogP contribution in [0, 0.1) is 10.1 Å². The molecule has 7 nitrogen and oxygen atoms in total. The van der Waals surface area contributed by atoms with Gasteiger partial charge < -0.3 is 4.74 Å². The van der Waals surface area contributed by atoms with E-state index in [1.165, 1.54) is 17.7 Å². The van der Waals surface area contributed by atoms with Gasteiger partial charge in [-0.15, -0.1) is 0 Å². The molecule has 2 aromatic heterocycles. The van der Waals surface area contributed by atoms with Crippen molar-refractivity contribution in [3.05, 3.63) is 88.6 Å². The van der Waals surface area contributed by atoms with E-state index in [-0.39, 0.29) is 11.1 Å². The molecule has 0 saturated heterocycles. The molecule has 0 atom stereocenters. The lowest BCUT2D eigenvalue weighted by Crippen LogP contribution is -2.11. The number of nitro benzene ring substituents is 1. The Morgan fingerprint density at radius 2 is 1.65 bits per heavy atom. The highest BCUT2D eigenvalue weighted by Crippen LogP contribution is 2.36. The molecule has 0 fully saturated rings. The van der Waals surface area contributed by atoms with Crippen LogP contribution in [0.25, 0.3) is 38.8 Å². The van der Waals surface area contributed by atoms with Gasteiger partial charge in [0, 0.05) is 34.7 Å². The molecule has 0 unspecified atom stereocenters. The van der Waals surface area contributed by atoms with Crippen molar-refractivity contribution >= 4 is 27.5 Å². The first-order chi connectivity index (χ1) is 16.3. The lowest BCUT2D eigenvalue weighted by Gasteiger charge is -2.19. The van der Waals surface area contributed by atoms with E-state index in [4.69, 9.17) is 9.84 Å². The van der Waals surface area contributed by atoms with E-state index in [1.807, 2.05) is 29.1 Å². The Hall–Kier alpha value is -4.26. The Kier molecular flexibility index (Phi) is 5.05. The number of nitrogens with zero attached hydrogens (tertiary/aromatic N) is 4. The van der Waals surface area contributed by atoms with E-state index in [1.54, 1.807) is 19.2 Å². The van der Waals surface area contributed by atoms with Crippen molar-refractivity contribution in [1.82, 2.24) is 14.8 Å². The Morgan fingerprint density at radius 3 is 2.26 bits per heavy atom. The highest BCUT2D eigenvalue weighted by atomic mass is 16.6. The van der Waals surface area contributed by atoms with Gasteiger partial charge in [0.05, 0.1) is 28.8 Å². The standard InChI is InChI=1S/C27H24N4O3/c1-27(2,3)18-7-11-19(12-8-18)30-26-22-15-21(34-4)13-14-24(22)28-16-23(26)25(29-30)17-5-9-20(10-6-17)31(32)33/h5-16H,1-4H3. The third-order valence-electron chi connectivity index (χ3n) is 6.04. The van der Waals surface area contributed by atoms with Gasteiger partial charge in [-0.05, 0) is 53.4 Å². The summed E-state index contributed by atoms with van der Waals surface area (Å²) in [6.45, 7) is 6.55. The molecule has 5 aromatic rings. The van der Waals surface area contributed by atoms with Gasteiger partial charge in [-0.25, -0.2) is 4.68 Å². The lowest BCUT2D eigenvalue weighted by molar-refractivity contribution is -0.384. The second kappa shape index (κ2) is 7.95. The molecule has 34 heavy (non-hydrogen) atoms. The van der Waals surface area contributed by atoms with Crippen molar-refractivity contribution in [1.29, 1.82) is 0 Å². The molecular weight excluding hydrogens is 428 g/mol. The number of ether oxygens (including phenoxy) is 1. The van der Waals surface area contributed by atoms with Crippen LogP contribution in [-0.4, -0.2) is 26.8 Å². The monoisotopic (exact) mass is 452 g/mol. The first kappa shape index (κ1) is 21.6. The van der Waals surface area contributed by atoms with Crippen LogP contribution in [-0.2, 0) is 5.41 Å². The number of aromatic nitrogens is 3. The van der Waals surface area contributed by atoms with Gasteiger partial charge in [0.25, 0.3) is 5.69 Å². The summed E-state index contributed by atoms with van der Waals surface area (Å²) in [6.07, 6.45) is 1.81. The number of rotatable bonds is 4. The first-order valence-corrected chi connectivity index (χ1v) is 11.0. The van der Waals surface area contributed by atoms with E-state index in [2.05, 4.69) is 50.0 Å². The summed E-state index contributed by atoms with van der Waals surface area (Å²) in [5.74, 6) is 0.731. The molecule has 170 valence electrons. The fourth-order valence-electron chi connectivity index (χ4n) is 4.13. The fourth-order valence-corrected chi connectivity index (χ4v) is 4.13. The van der Waals surface area contributed by atoms with Crippen molar-refractivity contribution in [3.63, 3.8) is 0 Å². The number of benzene rings is 3. The van der Waals surface area contributed by atoms with Crippen LogP contribution in [0.2, 0.25) is 0 Å². The van der Waals surface area contributed by atoms with E-state index < -0.39 is 4.92 Å². The Labute approximate surface area is 196 Å². The minimum Gasteiger partial charge on any atom is -0.497 e. The normalized spacial score (nSPS) is 11.8. The molecule has 0 radical (unpaired) electrons. The van der Waals surface area contributed by atoms with Gasteiger partial charge in [0.1, 0.15) is 11.4 Å². The lowest BCUT2D eigenvalue weighted by atomic mass is 9.87. The molecule has 0 aliphatic carbocycles. The molecule has 0 spiro atoms. The van der Waals surface area contributed by atoms with Crippen molar-refractivity contribution in [2.24, 2.45) is 0 Å². The number of non-ortho nitro benzene ring substituents is 1. The molecule has 0 bridgehead atoms. The maximum Gasteiger partial charge on any atom is 0.269 e. The van der Waals surface area contributed by atoms with Crippen LogP contribution in [0.4, 0.5) is 5.69 Å². The maximum absolute atomic E-state index is 11.1. The van der Waals surface area contributed by atoms with Gasteiger partial charge >= 0.3 is 0 Å². The largest absolute Gasteiger partial charge is 0.497 e. The summed E-state index contributed by atoms with van der Waals surface area (Å²) in [7, 11) is 1.64. The molecule has 0 aliphatic heterocycles. The van der Waals surface area contributed by atoms with Crippen LogP contribution in [0.1, 0.15) is 26.3 Å². The zero-order valence-electron chi connectivity index (χ0n) is 19.4. The second-order valence-electron chi connectivity index (χ2n) is 9.26. The van der Waals surface area contributed by atoms with Crippen molar-refractivity contribution in [3.8, 4) is 22.7 Å². The van der Waals surface area contributed by atoms with Crippen LogP contribution in [0.15, 0.2) is 72.9 Å². The van der Waals surface area contributed by atoms with E-state index in [9.17, 15) is 10.1 Å². The number of pyridine rings is 1. The minimum atomic E-state index is -0.404. The summed E-state index contributed by atoms with van der Waals surface area (Å²) < 4.78 is 7.39. The number of nitro groups is 1. The first-order valence-electron chi connectivity index (χ1n) is 11.0. The number of methoxy groups -OCH3 is 1. The SMILES string of the molecule is COc1ccc2ncc3c(-c4ccc([N+](=O)[O-])cc4)nn(-c4ccc(C(C)(C)C)cc4)c3c2c1. The molecule has 3 aromatic carbocycles. The maximum atomic E-state index is 11.1. The van der Waals surface area contributed by atoms with Crippen molar-refractivity contribution in [2.75, 3.05) is 7.11 Å².